The van der Waals surface area contributed by atoms with E-state index in [0.717, 1.165) is 11.8 Å². The number of rotatable bonds is 4. The van der Waals surface area contributed by atoms with Crippen molar-refractivity contribution in [2.75, 3.05) is 18.1 Å². The highest BCUT2D eigenvalue weighted by molar-refractivity contribution is 8.07. The average molecular weight is 296 g/mol. The molecule has 0 saturated carbocycles. The van der Waals surface area contributed by atoms with Crippen molar-refractivity contribution in [3.05, 3.63) is 34.9 Å². The van der Waals surface area contributed by atoms with E-state index in [4.69, 9.17) is 0 Å². The summed E-state index contributed by atoms with van der Waals surface area (Å²) in [6, 6.07) is 7.21. The van der Waals surface area contributed by atoms with Gasteiger partial charge in [-0.3, -0.25) is 0 Å². The summed E-state index contributed by atoms with van der Waals surface area (Å²) in [5, 5.41) is 5.14. The third-order valence-corrected chi connectivity index (χ3v) is 7.17. The van der Waals surface area contributed by atoms with Crippen LogP contribution >= 0.6 is 23.5 Å². The monoisotopic (exact) mass is 295 g/mol. The van der Waals surface area contributed by atoms with Gasteiger partial charge in [0.05, 0.1) is 0 Å². The van der Waals surface area contributed by atoms with Crippen LogP contribution in [0.25, 0.3) is 0 Å². The molecule has 1 aromatic rings. The largest absolute Gasteiger partial charge is 0.309 e. The van der Waals surface area contributed by atoms with Crippen molar-refractivity contribution in [2.24, 2.45) is 0 Å². The molecule has 1 heterocycles. The van der Waals surface area contributed by atoms with Crippen LogP contribution in [0.5, 0.6) is 0 Å². The molecule has 3 atom stereocenters. The van der Waals surface area contributed by atoms with Crippen molar-refractivity contribution in [3.8, 4) is 0 Å². The van der Waals surface area contributed by atoms with Gasteiger partial charge in [-0.25, -0.2) is 0 Å². The quantitative estimate of drug-likeness (QED) is 0.894. The number of hydrogen-bond acceptors (Lipinski definition) is 3. The molecule has 0 spiro atoms. The van der Waals surface area contributed by atoms with Crippen LogP contribution in [0.2, 0.25) is 0 Å². The first-order valence-corrected chi connectivity index (χ1v) is 9.27. The van der Waals surface area contributed by atoms with E-state index in [1.165, 1.54) is 28.2 Å². The first-order valence-electron chi connectivity index (χ1n) is 7.17. The molecular weight excluding hydrogens is 270 g/mol. The highest BCUT2D eigenvalue weighted by Gasteiger charge is 2.31. The second-order valence-corrected chi connectivity index (χ2v) is 8.01. The maximum absolute atomic E-state index is 3.73. The van der Waals surface area contributed by atoms with Crippen molar-refractivity contribution in [1.29, 1.82) is 0 Å². The van der Waals surface area contributed by atoms with E-state index < -0.39 is 0 Å². The minimum atomic E-state index is 0.484. The molecule has 106 valence electrons. The normalized spacial score (nSPS) is 25.3. The van der Waals surface area contributed by atoms with Gasteiger partial charge in [-0.1, -0.05) is 32.0 Å². The summed E-state index contributed by atoms with van der Waals surface area (Å²) in [5.74, 6) is 2.58. The van der Waals surface area contributed by atoms with Gasteiger partial charge < -0.3 is 5.32 Å². The first kappa shape index (κ1) is 15.3. The smallest absolute Gasteiger partial charge is 0.0453 e. The molecule has 1 aromatic carbocycles. The Morgan fingerprint density at radius 3 is 2.68 bits per heavy atom. The van der Waals surface area contributed by atoms with Gasteiger partial charge in [-0.2, -0.15) is 23.5 Å². The second kappa shape index (κ2) is 7.05. The van der Waals surface area contributed by atoms with Crippen LogP contribution < -0.4 is 5.32 Å². The Bertz CT molecular complexity index is 419. The number of aryl methyl sites for hydroxylation is 1. The zero-order chi connectivity index (χ0) is 13.8. The number of nitrogens with one attached hydrogen (secondary N) is 1. The minimum Gasteiger partial charge on any atom is -0.309 e. The maximum atomic E-state index is 3.73. The van der Waals surface area contributed by atoms with Crippen molar-refractivity contribution >= 4 is 23.5 Å². The average Bonchev–Trinajstić information content (AvgIpc) is 2.41. The molecule has 1 N–H and O–H groups in total. The van der Waals surface area contributed by atoms with Crippen molar-refractivity contribution < 1.29 is 0 Å². The molecule has 1 nitrogen and oxygen atoms in total. The van der Waals surface area contributed by atoms with Gasteiger partial charge in [-0.05, 0) is 37.1 Å². The summed E-state index contributed by atoms with van der Waals surface area (Å²) in [5.41, 5.74) is 4.35. The molecule has 3 unspecified atom stereocenters. The van der Waals surface area contributed by atoms with Crippen LogP contribution in [0.3, 0.4) is 0 Å². The Balaban J connectivity index is 2.30. The lowest BCUT2D eigenvalue weighted by Crippen LogP contribution is -2.38. The SMILES string of the molecule is CCNC(c1cccc(C)c1C)C1SCCSC1C. The minimum absolute atomic E-state index is 0.484. The van der Waals surface area contributed by atoms with Crippen LogP contribution in [0.4, 0.5) is 0 Å². The maximum Gasteiger partial charge on any atom is 0.0453 e. The summed E-state index contributed by atoms with van der Waals surface area (Å²) >= 11 is 4.27. The van der Waals surface area contributed by atoms with E-state index in [2.05, 4.69) is 74.7 Å². The zero-order valence-electron chi connectivity index (χ0n) is 12.4. The van der Waals surface area contributed by atoms with E-state index in [9.17, 15) is 0 Å². The molecule has 0 bridgehead atoms. The fraction of sp³-hybridized carbons (Fsp3) is 0.625. The third-order valence-electron chi connectivity index (χ3n) is 3.97. The summed E-state index contributed by atoms with van der Waals surface area (Å²) in [6.07, 6.45) is 0. The molecule has 1 aliphatic rings. The molecule has 19 heavy (non-hydrogen) atoms. The van der Waals surface area contributed by atoms with Gasteiger partial charge in [-0.15, -0.1) is 0 Å². The fourth-order valence-corrected chi connectivity index (χ4v) is 5.69. The van der Waals surface area contributed by atoms with Gasteiger partial charge >= 0.3 is 0 Å². The van der Waals surface area contributed by atoms with Gasteiger partial charge in [0.15, 0.2) is 0 Å². The predicted octanol–water partition coefficient (Wildman–Crippen LogP) is 4.19. The molecule has 3 heteroatoms. The number of thioether (sulfide) groups is 2. The fourth-order valence-electron chi connectivity index (χ4n) is 2.75. The summed E-state index contributed by atoms with van der Waals surface area (Å²) in [6.45, 7) is 10.1. The Labute approximate surface area is 126 Å². The molecule has 0 radical (unpaired) electrons. The summed E-state index contributed by atoms with van der Waals surface area (Å²) in [7, 11) is 0. The molecule has 1 fully saturated rings. The summed E-state index contributed by atoms with van der Waals surface area (Å²) in [4.78, 5) is 0. The lowest BCUT2D eigenvalue weighted by atomic mass is 9.94. The predicted molar refractivity (Wildman–Crippen MR) is 90.5 cm³/mol. The topological polar surface area (TPSA) is 12.0 Å². The zero-order valence-corrected chi connectivity index (χ0v) is 14.0. The van der Waals surface area contributed by atoms with E-state index in [1.807, 2.05) is 0 Å². The number of benzene rings is 1. The standard InChI is InChI=1S/C16H25NS2/c1-5-17-15(16-13(4)18-9-10-19-16)14-8-6-7-11(2)12(14)3/h6-8,13,15-17H,5,9-10H2,1-4H3. The molecule has 0 aliphatic carbocycles. The van der Waals surface area contributed by atoms with Crippen molar-refractivity contribution in [1.82, 2.24) is 5.32 Å². The van der Waals surface area contributed by atoms with Crippen LogP contribution in [0.1, 0.15) is 36.6 Å². The van der Waals surface area contributed by atoms with Gasteiger partial charge in [0.2, 0.25) is 0 Å². The molecule has 1 aliphatic heterocycles. The Hall–Kier alpha value is -0.120. The highest BCUT2D eigenvalue weighted by Crippen LogP contribution is 2.39. The van der Waals surface area contributed by atoms with Gasteiger partial charge in [0.25, 0.3) is 0 Å². The van der Waals surface area contributed by atoms with Crippen molar-refractivity contribution in [2.45, 2.75) is 44.2 Å². The lowest BCUT2D eigenvalue weighted by Gasteiger charge is -2.36. The molecule has 2 rings (SSSR count). The molecular formula is C16H25NS2. The molecule has 0 amide bonds. The van der Waals surface area contributed by atoms with Crippen molar-refractivity contribution in [3.63, 3.8) is 0 Å². The first-order chi connectivity index (χ1) is 9.15. The van der Waals surface area contributed by atoms with Gasteiger partial charge in [0.1, 0.15) is 0 Å². The molecule has 1 saturated heterocycles. The number of hydrogen-bond donors (Lipinski definition) is 1. The Morgan fingerprint density at radius 1 is 1.26 bits per heavy atom. The van der Waals surface area contributed by atoms with Crippen LogP contribution in [0, 0.1) is 13.8 Å². The van der Waals surface area contributed by atoms with E-state index >= 15 is 0 Å². The second-order valence-electron chi connectivity index (χ2n) is 5.24. The Morgan fingerprint density at radius 2 is 2.00 bits per heavy atom. The third kappa shape index (κ3) is 3.50. The summed E-state index contributed by atoms with van der Waals surface area (Å²) < 4.78 is 0. The Kier molecular flexibility index (Phi) is 5.67. The van der Waals surface area contributed by atoms with Crippen LogP contribution in [-0.2, 0) is 0 Å². The van der Waals surface area contributed by atoms with E-state index in [0.29, 0.717) is 11.3 Å². The van der Waals surface area contributed by atoms with Crippen LogP contribution in [-0.4, -0.2) is 28.6 Å². The van der Waals surface area contributed by atoms with Crippen LogP contribution in [0.15, 0.2) is 18.2 Å². The van der Waals surface area contributed by atoms with E-state index in [1.54, 1.807) is 0 Å². The van der Waals surface area contributed by atoms with E-state index in [-0.39, 0.29) is 0 Å². The van der Waals surface area contributed by atoms with Gasteiger partial charge in [0, 0.05) is 28.0 Å². The lowest BCUT2D eigenvalue weighted by molar-refractivity contribution is 0.523. The highest BCUT2D eigenvalue weighted by atomic mass is 32.2. The molecule has 0 aromatic heterocycles.